The van der Waals surface area contributed by atoms with E-state index in [9.17, 15) is 25.9 Å². The van der Waals surface area contributed by atoms with Crippen LogP contribution >= 0.6 is 0 Å². The Morgan fingerprint density at radius 3 is 1.96 bits per heavy atom. The van der Waals surface area contributed by atoms with Crippen LogP contribution in [0.3, 0.4) is 0 Å². The monoisotopic (exact) mass is 652 g/mol. The first-order chi connectivity index (χ1) is 21.9. The van der Waals surface area contributed by atoms with Crippen LogP contribution in [0.15, 0.2) is 82.6 Å². The molecule has 0 saturated heterocycles. The molecule has 8 bridgehead atoms. The quantitative estimate of drug-likeness (QED) is 0.101. The Kier molecular flexibility index (Phi) is 6.68. The van der Waals surface area contributed by atoms with Crippen molar-refractivity contribution in [3.8, 4) is 22.3 Å². The van der Waals surface area contributed by atoms with Crippen molar-refractivity contribution in [3.05, 3.63) is 95.6 Å². The topological polar surface area (TPSA) is 218 Å². The first-order valence-corrected chi connectivity index (χ1v) is 16.6. The molecule has 2 aliphatic rings. The van der Waals surface area contributed by atoms with Gasteiger partial charge in [-0.1, -0.05) is 42.5 Å². The van der Waals surface area contributed by atoms with Gasteiger partial charge in [-0.2, -0.15) is 16.8 Å². The molecule has 46 heavy (non-hydrogen) atoms. The lowest BCUT2D eigenvalue weighted by molar-refractivity contribution is 0.481. The number of fused-ring (bicyclic) bond motifs is 8. The number of anilines is 2. The van der Waals surface area contributed by atoms with Crippen LogP contribution in [0.25, 0.3) is 68.6 Å². The summed E-state index contributed by atoms with van der Waals surface area (Å²) in [5.41, 5.74) is 16.2. The summed E-state index contributed by atoms with van der Waals surface area (Å²) in [6.45, 7) is 0. The van der Waals surface area contributed by atoms with Gasteiger partial charge in [0.25, 0.3) is 20.2 Å². The van der Waals surface area contributed by atoms with Crippen molar-refractivity contribution in [1.29, 1.82) is 0 Å². The number of nitrogens with two attached hydrogens (primary N) is 2. The Labute approximate surface area is 262 Å². The number of nitrogens with zero attached hydrogens (tertiary/aromatic N) is 2. The molecule has 0 fully saturated rings. The average molecular weight is 653 g/mol. The normalized spacial score (nSPS) is 12.9. The smallest absolute Gasteiger partial charge is 0.298 e. The Hall–Kier alpha value is -5.54. The summed E-state index contributed by atoms with van der Waals surface area (Å²) in [4.78, 5) is 14.1. The molecule has 0 unspecified atom stereocenters. The molecule has 5 aromatic rings. The second-order valence-electron chi connectivity index (χ2n) is 10.6. The zero-order valence-corrected chi connectivity index (χ0v) is 25.3. The van der Waals surface area contributed by atoms with Crippen LogP contribution in [0.1, 0.15) is 22.8 Å². The second-order valence-corrected chi connectivity index (χ2v) is 13.3. The predicted octanol–water partition coefficient (Wildman–Crippen LogP) is 5.65. The van der Waals surface area contributed by atoms with E-state index in [1.165, 1.54) is 30.4 Å². The number of benzene rings is 2. The van der Waals surface area contributed by atoms with Gasteiger partial charge in [-0.15, -0.1) is 0 Å². The van der Waals surface area contributed by atoms with Gasteiger partial charge in [0.05, 0.1) is 45.0 Å². The van der Waals surface area contributed by atoms with Crippen molar-refractivity contribution in [2.75, 3.05) is 11.5 Å². The molecule has 8 N–H and O–H groups in total. The number of H-pyrrole nitrogens is 2. The van der Waals surface area contributed by atoms with Crippen molar-refractivity contribution >= 4 is 78.0 Å². The maximum Gasteiger partial charge on any atom is 0.298 e. The summed E-state index contributed by atoms with van der Waals surface area (Å²) in [5.74, 6) is 0. The number of hydrogen-bond donors (Lipinski definition) is 6. The van der Waals surface area contributed by atoms with Crippen LogP contribution in [0.5, 0.6) is 0 Å². The van der Waals surface area contributed by atoms with Gasteiger partial charge in [0.15, 0.2) is 0 Å². The van der Waals surface area contributed by atoms with Gasteiger partial charge in [-0.05, 0) is 65.8 Å². The fraction of sp³-hybridized carbons (Fsp3) is 0. The van der Waals surface area contributed by atoms with Crippen LogP contribution in [-0.2, 0) is 20.2 Å². The van der Waals surface area contributed by atoms with Crippen molar-refractivity contribution in [1.82, 2.24) is 19.9 Å². The minimum atomic E-state index is -4.93. The number of aromatic nitrogens is 4. The van der Waals surface area contributed by atoms with Crippen LogP contribution in [0, 0.1) is 0 Å². The van der Waals surface area contributed by atoms with Gasteiger partial charge >= 0.3 is 0 Å². The summed E-state index contributed by atoms with van der Waals surface area (Å²) in [7, 11) is -9.71. The van der Waals surface area contributed by atoms with Crippen molar-refractivity contribution in [2.24, 2.45) is 0 Å². The fourth-order valence-corrected chi connectivity index (χ4v) is 7.24. The molecule has 0 atom stereocenters. The molecule has 0 aliphatic carbocycles. The van der Waals surface area contributed by atoms with E-state index in [-0.39, 0.29) is 45.0 Å². The minimum Gasteiger partial charge on any atom is -0.399 e. The van der Waals surface area contributed by atoms with Crippen molar-refractivity contribution < 1.29 is 25.9 Å². The van der Waals surface area contributed by atoms with Crippen LogP contribution in [-0.4, -0.2) is 45.9 Å². The minimum absolute atomic E-state index is 0.0168. The molecule has 230 valence electrons. The van der Waals surface area contributed by atoms with Crippen LogP contribution in [0.2, 0.25) is 0 Å². The molecule has 7 rings (SSSR count). The Morgan fingerprint density at radius 1 is 0.587 bits per heavy atom. The van der Waals surface area contributed by atoms with E-state index in [1.54, 1.807) is 60.7 Å². The molecular weight excluding hydrogens is 629 g/mol. The molecule has 0 amide bonds. The first-order valence-electron chi connectivity index (χ1n) is 13.7. The second kappa shape index (κ2) is 10.5. The van der Waals surface area contributed by atoms with Gasteiger partial charge < -0.3 is 21.4 Å². The maximum absolute atomic E-state index is 13.2. The van der Waals surface area contributed by atoms with E-state index in [4.69, 9.17) is 11.5 Å². The third-order valence-electron chi connectivity index (χ3n) is 7.57. The highest BCUT2D eigenvalue weighted by atomic mass is 32.2. The zero-order chi connectivity index (χ0) is 32.4. The van der Waals surface area contributed by atoms with E-state index in [1.807, 2.05) is 6.07 Å². The van der Waals surface area contributed by atoms with Gasteiger partial charge in [-0.25, -0.2) is 9.97 Å². The number of nitrogen functional groups attached to an aromatic ring is 2. The highest BCUT2D eigenvalue weighted by molar-refractivity contribution is 7.86. The summed E-state index contributed by atoms with van der Waals surface area (Å²) in [6.07, 6.45) is 5.87. The molecule has 14 heteroatoms. The largest absolute Gasteiger partial charge is 0.399 e. The Morgan fingerprint density at radius 2 is 1.24 bits per heavy atom. The van der Waals surface area contributed by atoms with E-state index in [2.05, 4.69) is 19.9 Å². The van der Waals surface area contributed by atoms with Gasteiger partial charge in [-0.3, -0.25) is 9.11 Å². The number of hydrogen-bond acceptors (Lipinski definition) is 8. The Bertz CT molecular complexity index is 2550. The lowest BCUT2D eigenvalue weighted by Crippen LogP contribution is -2.02. The molecule has 0 radical (unpaired) electrons. The molecule has 3 aromatic heterocycles. The lowest BCUT2D eigenvalue weighted by atomic mass is 9.95. The van der Waals surface area contributed by atoms with Crippen LogP contribution < -0.4 is 11.5 Å². The molecule has 2 aromatic carbocycles. The van der Waals surface area contributed by atoms with Crippen molar-refractivity contribution in [3.63, 3.8) is 0 Å². The molecule has 12 nitrogen and oxygen atoms in total. The van der Waals surface area contributed by atoms with E-state index < -0.39 is 30.0 Å². The number of rotatable bonds is 4. The van der Waals surface area contributed by atoms with Gasteiger partial charge in [0.2, 0.25) is 0 Å². The summed E-state index contributed by atoms with van der Waals surface area (Å²) in [5, 5.41) is 0. The Balaban J connectivity index is 1.79. The van der Waals surface area contributed by atoms with E-state index >= 15 is 0 Å². The SMILES string of the molecule is Nc1cccc(-c2c(-c3ccccc3)c3[nH]c2cc2nc(c(S(=O)(=O)O)c4ccc([nH]4)c(N)c4nc(c3S(=O)(=O)O)C=C4)C=C2)c1. The van der Waals surface area contributed by atoms with Gasteiger partial charge in [0, 0.05) is 22.3 Å². The molecular formula is C32H24N6O6S2. The standard InChI is InChI=1S/C32H24N6O6S2/c33-19-8-4-7-18(15-19)27-26-16-20-9-10-23(35-20)31(45(39,40)41)24-13-11-21(36-24)29(34)22-12-14-25(37-22)32(46(42,43)44)30(38-26)28(27)17-5-2-1-3-6-17/h1-16,36,38H,33-34H2,(H,39,40,41)(H,42,43,44). The number of aromatic amines is 2. The molecule has 5 heterocycles. The third kappa shape index (κ3) is 5.04. The third-order valence-corrected chi connectivity index (χ3v) is 9.44. The highest BCUT2D eigenvalue weighted by Gasteiger charge is 2.27. The number of nitrogens with one attached hydrogen (secondary N) is 2. The fourth-order valence-electron chi connectivity index (χ4n) is 5.68. The summed E-state index contributed by atoms with van der Waals surface area (Å²) >= 11 is 0. The molecule has 0 spiro atoms. The highest BCUT2D eigenvalue weighted by Crippen LogP contribution is 2.43. The zero-order valence-electron chi connectivity index (χ0n) is 23.6. The average Bonchev–Trinajstić information content (AvgIpc) is 3.80. The van der Waals surface area contributed by atoms with Crippen molar-refractivity contribution in [2.45, 2.75) is 9.79 Å². The first kappa shape index (κ1) is 29.2. The lowest BCUT2D eigenvalue weighted by Gasteiger charge is -2.09. The summed E-state index contributed by atoms with van der Waals surface area (Å²) < 4.78 is 72.6. The molecule has 0 saturated carbocycles. The molecule has 2 aliphatic heterocycles. The maximum atomic E-state index is 13.2. The van der Waals surface area contributed by atoms with Crippen LogP contribution in [0.4, 0.5) is 11.4 Å². The predicted molar refractivity (Wildman–Crippen MR) is 178 cm³/mol. The van der Waals surface area contributed by atoms with E-state index in [0.29, 0.717) is 33.5 Å². The van der Waals surface area contributed by atoms with E-state index in [0.717, 1.165) is 0 Å². The summed E-state index contributed by atoms with van der Waals surface area (Å²) in [6, 6.07) is 20.5. The van der Waals surface area contributed by atoms with Gasteiger partial charge in [0.1, 0.15) is 9.79 Å².